The van der Waals surface area contributed by atoms with Gasteiger partial charge < -0.3 is 20.1 Å². The number of carboxylic acids is 1. The first-order chi connectivity index (χ1) is 15.1. The lowest BCUT2D eigenvalue weighted by Gasteiger charge is -2.51. The van der Waals surface area contributed by atoms with Gasteiger partial charge in [-0.3, -0.25) is 14.4 Å². The van der Waals surface area contributed by atoms with Crippen molar-refractivity contribution in [3.63, 3.8) is 0 Å². The van der Waals surface area contributed by atoms with Crippen molar-refractivity contribution in [2.24, 2.45) is 0 Å². The summed E-state index contributed by atoms with van der Waals surface area (Å²) in [5.41, 5.74) is -1.68. The summed E-state index contributed by atoms with van der Waals surface area (Å²) in [5.74, 6) is -2.28. The molecule has 2 aromatic carbocycles. The van der Waals surface area contributed by atoms with Crippen LogP contribution in [0.2, 0.25) is 0 Å². The molecule has 2 aliphatic rings. The fourth-order valence-electron chi connectivity index (χ4n) is 4.19. The van der Waals surface area contributed by atoms with E-state index < -0.39 is 45.3 Å². The molecule has 0 saturated carbocycles. The van der Waals surface area contributed by atoms with Crippen molar-refractivity contribution in [3.05, 3.63) is 60.2 Å². The summed E-state index contributed by atoms with van der Waals surface area (Å²) < 4.78 is 5.00. The SMILES string of the molecule is CC(=O)C1(NC(=O)c2ccccc2Oc2ccccc2)C(=O)N2[C@@H](C(=O)O)C(C)(C)S[C@@H]21. The van der Waals surface area contributed by atoms with Gasteiger partial charge in [-0.1, -0.05) is 30.3 Å². The number of β-lactam (4-membered cyclic amide) rings is 1. The maximum Gasteiger partial charge on any atom is 0.327 e. The molecule has 3 atom stereocenters. The molecule has 32 heavy (non-hydrogen) atoms. The molecule has 1 unspecified atom stereocenters. The fraction of sp³-hybridized carbons (Fsp3) is 0.304. The van der Waals surface area contributed by atoms with E-state index in [-0.39, 0.29) is 11.3 Å². The zero-order chi connectivity index (χ0) is 23.3. The van der Waals surface area contributed by atoms with Gasteiger partial charge in [-0.25, -0.2) is 4.79 Å². The van der Waals surface area contributed by atoms with Crippen LogP contribution in [0.1, 0.15) is 31.1 Å². The van der Waals surface area contributed by atoms with Crippen LogP contribution in [0.3, 0.4) is 0 Å². The Kier molecular flexibility index (Phi) is 5.24. The summed E-state index contributed by atoms with van der Waals surface area (Å²) in [5, 5.41) is 11.4. The lowest BCUT2D eigenvalue weighted by atomic mass is 9.81. The number of carbonyl (C=O) groups excluding carboxylic acids is 3. The molecule has 2 amide bonds. The smallest absolute Gasteiger partial charge is 0.327 e. The number of hydrogen-bond acceptors (Lipinski definition) is 6. The Morgan fingerprint density at radius 2 is 1.69 bits per heavy atom. The van der Waals surface area contributed by atoms with Gasteiger partial charge in [0.1, 0.15) is 22.9 Å². The molecule has 166 valence electrons. The van der Waals surface area contributed by atoms with Crippen LogP contribution >= 0.6 is 11.8 Å². The number of para-hydroxylation sites is 2. The van der Waals surface area contributed by atoms with Gasteiger partial charge in [-0.15, -0.1) is 11.8 Å². The Morgan fingerprint density at radius 3 is 2.31 bits per heavy atom. The zero-order valence-corrected chi connectivity index (χ0v) is 18.5. The first-order valence-corrected chi connectivity index (χ1v) is 10.9. The minimum Gasteiger partial charge on any atom is -0.480 e. The topological polar surface area (TPSA) is 113 Å². The van der Waals surface area contributed by atoms with Crippen LogP contribution in [0.15, 0.2) is 54.6 Å². The van der Waals surface area contributed by atoms with Crippen molar-refractivity contribution >= 4 is 35.3 Å². The molecule has 0 bridgehead atoms. The summed E-state index contributed by atoms with van der Waals surface area (Å²) in [4.78, 5) is 52.0. The molecule has 0 aromatic heterocycles. The number of Topliss-reactive ketones (excluding diaryl/α,β-unsaturated/α-hetero) is 1. The predicted octanol–water partition coefficient (Wildman–Crippen LogP) is 2.68. The second kappa shape index (κ2) is 7.67. The van der Waals surface area contributed by atoms with Crippen LogP contribution in [-0.4, -0.2) is 55.3 Å². The Hall–Kier alpha value is -3.33. The molecule has 0 aliphatic carbocycles. The molecule has 2 saturated heterocycles. The molecule has 2 N–H and O–H groups in total. The minimum absolute atomic E-state index is 0.153. The number of carbonyl (C=O) groups is 4. The van der Waals surface area contributed by atoms with Crippen LogP contribution < -0.4 is 10.1 Å². The third-order valence-electron chi connectivity index (χ3n) is 5.75. The number of fused-ring (bicyclic) bond motifs is 1. The second-order valence-electron chi connectivity index (χ2n) is 8.26. The number of ketones is 1. The van der Waals surface area contributed by atoms with Crippen molar-refractivity contribution < 1.29 is 29.0 Å². The number of ether oxygens (including phenoxy) is 1. The fourth-order valence-corrected chi connectivity index (χ4v) is 5.94. The molecule has 2 heterocycles. The van der Waals surface area contributed by atoms with E-state index in [4.69, 9.17) is 4.74 Å². The Morgan fingerprint density at radius 1 is 1.06 bits per heavy atom. The highest BCUT2D eigenvalue weighted by molar-refractivity contribution is 8.01. The quantitative estimate of drug-likeness (QED) is 0.510. The minimum atomic E-state index is -1.83. The van der Waals surface area contributed by atoms with Crippen LogP contribution in [0.4, 0.5) is 0 Å². The van der Waals surface area contributed by atoms with Crippen molar-refractivity contribution in [3.8, 4) is 11.5 Å². The van der Waals surface area contributed by atoms with Gasteiger partial charge in [0.25, 0.3) is 11.8 Å². The highest BCUT2D eigenvalue weighted by atomic mass is 32.2. The maximum atomic E-state index is 13.2. The van der Waals surface area contributed by atoms with Crippen molar-refractivity contribution in [1.29, 1.82) is 0 Å². The Labute approximate surface area is 188 Å². The van der Waals surface area contributed by atoms with Gasteiger partial charge in [0, 0.05) is 4.75 Å². The van der Waals surface area contributed by atoms with Crippen molar-refractivity contribution in [2.45, 2.75) is 42.5 Å². The van der Waals surface area contributed by atoms with Crippen LogP contribution in [0.25, 0.3) is 0 Å². The molecule has 8 nitrogen and oxygen atoms in total. The number of nitrogens with one attached hydrogen (secondary N) is 1. The van der Waals surface area contributed by atoms with Crippen molar-refractivity contribution in [2.75, 3.05) is 0 Å². The Balaban J connectivity index is 1.65. The van der Waals surface area contributed by atoms with E-state index >= 15 is 0 Å². The van der Waals surface area contributed by atoms with E-state index in [9.17, 15) is 24.3 Å². The summed E-state index contributed by atoms with van der Waals surface area (Å²) in [6, 6.07) is 14.3. The van der Waals surface area contributed by atoms with Crippen LogP contribution in [0.5, 0.6) is 11.5 Å². The summed E-state index contributed by atoms with van der Waals surface area (Å²) in [6.07, 6.45) is 0. The molecule has 9 heteroatoms. The monoisotopic (exact) mass is 454 g/mol. The molecular weight excluding hydrogens is 432 g/mol. The number of hydrogen-bond donors (Lipinski definition) is 2. The number of carboxylic acid groups (broad SMARTS) is 1. The molecule has 2 aliphatic heterocycles. The number of nitrogens with zero attached hydrogens (tertiary/aromatic N) is 1. The van der Waals surface area contributed by atoms with Gasteiger partial charge in [0.05, 0.1) is 5.56 Å². The first-order valence-electron chi connectivity index (χ1n) is 9.98. The third kappa shape index (κ3) is 3.24. The molecule has 0 radical (unpaired) electrons. The summed E-state index contributed by atoms with van der Waals surface area (Å²) >= 11 is 1.19. The average Bonchev–Trinajstić information content (AvgIpc) is 3.01. The number of benzene rings is 2. The highest BCUT2D eigenvalue weighted by Gasteiger charge is 2.74. The van der Waals surface area contributed by atoms with Gasteiger partial charge in [0.15, 0.2) is 5.78 Å². The first kappa shape index (κ1) is 21.9. The lowest BCUT2D eigenvalue weighted by Crippen LogP contribution is -2.82. The molecule has 2 aromatic rings. The maximum absolute atomic E-state index is 13.2. The molecule has 4 rings (SSSR count). The van der Waals surface area contributed by atoms with Crippen LogP contribution in [0, 0.1) is 0 Å². The predicted molar refractivity (Wildman–Crippen MR) is 118 cm³/mol. The third-order valence-corrected chi connectivity index (χ3v) is 7.38. The Bertz CT molecular complexity index is 1120. The normalized spacial score (nSPS) is 25.5. The lowest BCUT2D eigenvalue weighted by molar-refractivity contribution is -0.170. The van der Waals surface area contributed by atoms with Gasteiger partial charge in [0.2, 0.25) is 5.54 Å². The highest BCUT2D eigenvalue weighted by Crippen LogP contribution is 2.55. The number of rotatable bonds is 6. The van der Waals surface area contributed by atoms with E-state index in [0.29, 0.717) is 5.75 Å². The van der Waals surface area contributed by atoms with E-state index in [2.05, 4.69) is 5.32 Å². The van der Waals surface area contributed by atoms with E-state index in [1.807, 2.05) is 6.07 Å². The molecule has 2 fully saturated rings. The second-order valence-corrected chi connectivity index (χ2v) is 9.99. The standard InChI is InChI=1S/C23H22N2O6S/c1-13(26)23(20(30)25-17(19(28)29)22(2,3)32-21(23)25)24-18(27)15-11-7-8-12-16(15)31-14-9-5-4-6-10-14/h4-12,17,21H,1-3H3,(H,24,27)(H,28,29)/t17-,21+,23?/m0/s1. The summed E-state index contributed by atoms with van der Waals surface area (Å²) in [6.45, 7) is 4.64. The van der Waals surface area contributed by atoms with Gasteiger partial charge >= 0.3 is 5.97 Å². The van der Waals surface area contributed by atoms with Crippen molar-refractivity contribution in [1.82, 2.24) is 10.2 Å². The zero-order valence-electron chi connectivity index (χ0n) is 17.7. The average molecular weight is 455 g/mol. The van der Waals surface area contributed by atoms with Crippen LogP contribution in [-0.2, 0) is 14.4 Å². The number of amides is 2. The molecule has 0 spiro atoms. The van der Waals surface area contributed by atoms with E-state index in [0.717, 1.165) is 0 Å². The van der Waals surface area contributed by atoms with E-state index in [1.54, 1.807) is 56.3 Å². The molecular formula is C23H22N2O6S. The van der Waals surface area contributed by atoms with E-state index in [1.165, 1.54) is 29.7 Å². The summed E-state index contributed by atoms with van der Waals surface area (Å²) in [7, 11) is 0. The van der Waals surface area contributed by atoms with Gasteiger partial charge in [-0.05, 0) is 45.0 Å². The number of thioether (sulfide) groups is 1. The largest absolute Gasteiger partial charge is 0.480 e. The van der Waals surface area contributed by atoms with Gasteiger partial charge in [-0.2, -0.15) is 0 Å². The number of aliphatic carboxylic acids is 1.